The molecule has 0 aromatic heterocycles. The van der Waals surface area contributed by atoms with Gasteiger partial charge in [0.15, 0.2) is 5.96 Å². The Bertz CT molecular complexity index is 649. The number of benzene rings is 1. The average molecular weight is 342 g/mol. The van der Waals surface area contributed by atoms with E-state index in [2.05, 4.69) is 15.6 Å². The quantitative estimate of drug-likeness (QED) is 0.595. The van der Waals surface area contributed by atoms with Gasteiger partial charge in [-0.05, 0) is 31.0 Å². The minimum Gasteiger partial charge on any atom is -0.357 e. The Kier molecular flexibility index (Phi) is 6.35. The molecule has 6 nitrogen and oxygen atoms in total. The first-order chi connectivity index (χ1) is 11.0. The van der Waals surface area contributed by atoms with Crippen molar-refractivity contribution in [1.82, 2.24) is 14.9 Å². The molecule has 128 valence electrons. The molecule has 0 spiro atoms. The number of nitrogens with zero attached hydrogens (tertiary/aromatic N) is 2. The van der Waals surface area contributed by atoms with Gasteiger partial charge in [-0.3, -0.25) is 0 Å². The van der Waals surface area contributed by atoms with Crippen molar-refractivity contribution in [3.05, 3.63) is 35.6 Å². The van der Waals surface area contributed by atoms with Crippen LogP contribution in [-0.2, 0) is 16.6 Å². The smallest absolute Gasteiger partial charge is 0.214 e. The fraction of sp³-hybridized carbons (Fsp3) is 0.533. The van der Waals surface area contributed by atoms with Crippen molar-refractivity contribution in [1.29, 1.82) is 0 Å². The van der Waals surface area contributed by atoms with E-state index in [4.69, 9.17) is 0 Å². The standard InChI is InChI=1S/C15H23FN4O2S/c1-2-17-15(19-12-13-5-3-6-14(16)11-13)18-7-9-20-8-4-10-23(20,21)22/h3,5-6,11H,2,4,7-10,12H2,1H3,(H2,17,18,19). The number of nitrogens with one attached hydrogen (secondary N) is 2. The molecule has 0 atom stereocenters. The largest absolute Gasteiger partial charge is 0.357 e. The van der Waals surface area contributed by atoms with Crippen LogP contribution in [0.1, 0.15) is 18.9 Å². The topological polar surface area (TPSA) is 73.8 Å². The molecular weight excluding hydrogens is 319 g/mol. The second-order valence-corrected chi connectivity index (χ2v) is 7.41. The Hall–Kier alpha value is -1.67. The molecule has 8 heteroatoms. The molecule has 0 unspecified atom stereocenters. The van der Waals surface area contributed by atoms with Gasteiger partial charge in [-0.2, -0.15) is 0 Å². The van der Waals surface area contributed by atoms with Crippen LogP contribution in [-0.4, -0.2) is 50.6 Å². The highest BCUT2D eigenvalue weighted by atomic mass is 32.2. The molecule has 1 aromatic rings. The summed E-state index contributed by atoms with van der Waals surface area (Å²) in [6.45, 7) is 4.48. The van der Waals surface area contributed by atoms with Crippen LogP contribution in [0.4, 0.5) is 4.39 Å². The van der Waals surface area contributed by atoms with E-state index in [0.29, 0.717) is 45.1 Å². The van der Waals surface area contributed by atoms with Crippen LogP contribution in [0.3, 0.4) is 0 Å². The van der Waals surface area contributed by atoms with E-state index in [1.807, 2.05) is 13.0 Å². The number of sulfonamides is 1. The second-order valence-electron chi connectivity index (χ2n) is 5.32. The first-order valence-corrected chi connectivity index (χ1v) is 9.36. The maximum Gasteiger partial charge on any atom is 0.214 e. The van der Waals surface area contributed by atoms with Gasteiger partial charge >= 0.3 is 0 Å². The molecule has 0 radical (unpaired) electrons. The molecular formula is C15H23FN4O2S. The van der Waals surface area contributed by atoms with Gasteiger partial charge in [0.1, 0.15) is 5.82 Å². The van der Waals surface area contributed by atoms with Crippen LogP contribution in [0.25, 0.3) is 0 Å². The van der Waals surface area contributed by atoms with Gasteiger partial charge in [0.05, 0.1) is 12.3 Å². The highest BCUT2D eigenvalue weighted by molar-refractivity contribution is 7.89. The molecule has 23 heavy (non-hydrogen) atoms. The number of hydrogen-bond donors (Lipinski definition) is 2. The summed E-state index contributed by atoms with van der Waals surface area (Å²) in [5.41, 5.74) is 0.782. The summed E-state index contributed by atoms with van der Waals surface area (Å²) >= 11 is 0. The highest BCUT2D eigenvalue weighted by Gasteiger charge is 2.27. The van der Waals surface area contributed by atoms with Crippen molar-refractivity contribution in [3.63, 3.8) is 0 Å². The lowest BCUT2D eigenvalue weighted by Gasteiger charge is -2.16. The van der Waals surface area contributed by atoms with Crippen LogP contribution >= 0.6 is 0 Å². The first-order valence-electron chi connectivity index (χ1n) is 7.75. The van der Waals surface area contributed by atoms with Gasteiger partial charge < -0.3 is 10.6 Å². The molecule has 2 rings (SSSR count). The Morgan fingerprint density at radius 3 is 2.87 bits per heavy atom. The number of guanidine groups is 1. The van der Waals surface area contributed by atoms with Gasteiger partial charge in [0.25, 0.3) is 0 Å². The van der Waals surface area contributed by atoms with E-state index >= 15 is 0 Å². The molecule has 1 fully saturated rings. The van der Waals surface area contributed by atoms with E-state index in [-0.39, 0.29) is 11.6 Å². The monoisotopic (exact) mass is 342 g/mol. The van der Waals surface area contributed by atoms with E-state index < -0.39 is 10.0 Å². The summed E-state index contributed by atoms with van der Waals surface area (Å²) in [5, 5.41) is 6.20. The third kappa shape index (κ3) is 5.47. The Labute approximate surface area is 136 Å². The maximum absolute atomic E-state index is 13.1. The molecule has 2 N–H and O–H groups in total. The number of aliphatic imine (C=N–C) groups is 1. The number of rotatable bonds is 6. The lowest BCUT2D eigenvalue weighted by atomic mass is 10.2. The predicted molar refractivity (Wildman–Crippen MR) is 89.2 cm³/mol. The molecule has 0 aliphatic carbocycles. The predicted octanol–water partition coefficient (Wildman–Crippen LogP) is 0.916. The summed E-state index contributed by atoms with van der Waals surface area (Å²) in [4.78, 5) is 4.39. The van der Waals surface area contributed by atoms with Gasteiger partial charge in [0, 0.05) is 26.2 Å². The lowest BCUT2D eigenvalue weighted by Crippen LogP contribution is -2.42. The van der Waals surface area contributed by atoms with Crippen molar-refractivity contribution in [2.24, 2.45) is 4.99 Å². The molecule has 1 aliphatic heterocycles. The van der Waals surface area contributed by atoms with Crippen molar-refractivity contribution in [3.8, 4) is 0 Å². The zero-order chi connectivity index (χ0) is 16.7. The summed E-state index contributed by atoms with van der Waals surface area (Å²) in [5.74, 6) is 0.545. The van der Waals surface area contributed by atoms with Gasteiger partial charge in [-0.1, -0.05) is 12.1 Å². The Morgan fingerprint density at radius 2 is 2.22 bits per heavy atom. The fourth-order valence-electron chi connectivity index (χ4n) is 2.39. The van der Waals surface area contributed by atoms with Crippen LogP contribution < -0.4 is 10.6 Å². The third-order valence-electron chi connectivity index (χ3n) is 3.51. The minimum atomic E-state index is -3.07. The van der Waals surface area contributed by atoms with Crippen molar-refractivity contribution in [2.75, 3.05) is 31.9 Å². The SMILES string of the molecule is CCNC(=NCc1cccc(F)c1)NCCN1CCCS1(=O)=O. The van der Waals surface area contributed by atoms with Crippen molar-refractivity contribution < 1.29 is 12.8 Å². The van der Waals surface area contributed by atoms with Gasteiger partial charge in [-0.15, -0.1) is 0 Å². The molecule has 1 aromatic carbocycles. The van der Waals surface area contributed by atoms with Crippen molar-refractivity contribution >= 4 is 16.0 Å². The summed E-state index contributed by atoms with van der Waals surface area (Å²) in [6.07, 6.45) is 0.691. The summed E-state index contributed by atoms with van der Waals surface area (Å²) < 4.78 is 38.1. The zero-order valence-electron chi connectivity index (χ0n) is 13.3. The molecule has 1 heterocycles. The average Bonchev–Trinajstić information content (AvgIpc) is 2.84. The molecule has 1 saturated heterocycles. The Morgan fingerprint density at radius 1 is 1.39 bits per heavy atom. The van der Waals surface area contributed by atoms with E-state index in [0.717, 1.165) is 5.56 Å². The molecule has 0 bridgehead atoms. The number of halogens is 1. The maximum atomic E-state index is 13.1. The van der Waals surface area contributed by atoms with Crippen molar-refractivity contribution in [2.45, 2.75) is 19.9 Å². The highest BCUT2D eigenvalue weighted by Crippen LogP contribution is 2.11. The van der Waals surface area contributed by atoms with Crippen LogP contribution in [0.2, 0.25) is 0 Å². The molecule has 0 saturated carbocycles. The summed E-state index contributed by atoms with van der Waals surface area (Å²) in [7, 11) is -3.07. The normalized spacial score (nSPS) is 18.1. The third-order valence-corrected chi connectivity index (χ3v) is 5.47. The lowest BCUT2D eigenvalue weighted by molar-refractivity contribution is 0.445. The van der Waals surface area contributed by atoms with Gasteiger partial charge in [0.2, 0.25) is 10.0 Å². The minimum absolute atomic E-state index is 0.237. The second kappa shape index (κ2) is 8.26. The fourth-order valence-corrected chi connectivity index (χ4v) is 3.92. The van der Waals surface area contributed by atoms with E-state index in [9.17, 15) is 12.8 Å². The number of hydrogen-bond acceptors (Lipinski definition) is 3. The molecule has 1 aliphatic rings. The van der Waals surface area contributed by atoms with Gasteiger partial charge in [-0.25, -0.2) is 22.1 Å². The Balaban J connectivity index is 1.87. The van der Waals surface area contributed by atoms with Crippen LogP contribution in [0.15, 0.2) is 29.3 Å². The van der Waals surface area contributed by atoms with Crippen LogP contribution in [0, 0.1) is 5.82 Å². The summed E-state index contributed by atoms with van der Waals surface area (Å²) in [6, 6.07) is 6.31. The van der Waals surface area contributed by atoms with E-state index in [1.165, 1.54) is 16.4 Å². The first kappa shape index (κ1) is 17.7. The molecule has 0 amide bonds. The van der Waals surface area contributed by atoms with Crippen LogP contribution in [0.5, 0.6) is 0 Å². The zero-order valence-corrected chi connectivity index (χ0v) is 14.1. The van der Waals surface area contributed by atoms with E-state index in [1.54, 1.807) is 6.07 Å².